The predicted molar refractivity (Wildman–Crippen MR) is 67.0 cm³/mol. The van der Waals surface area contributed by atoms with E-state index in [2.05, 4.69) is 30.2 Å². The third-order valence-electron chi connectivity index (χ3n) is 2.95. The number of hydrogen-bond donors (Lipinski definition) is 0. The molecule has 0 N–H and O–H groups in total. The summed E-state index contributed by atoms with van der Waals surface area (Å²) in [6.45, 7) is 14.5. The molecule has 0 aromatic heterocycles. The Balaban J connectivity index is 2.30. The van der Waals surface area contributed by atoms with Crippen LogP contribution in [-0.2, 0) is 0 Å². The molecule has 88 valence electrons. The van der Waals surface area contributed by atoms with Crippen LogP contribution < -0.4 is 0 Å². The van der Waals surface area contributed by atoms with Gasteiger partial charge in [0.15, 0.2) is 0 Å². The van der Waals surface area contributed by atoms with Gasteiger partial charge in [-0.2, -0.15) is 0 Å². The molecule has 0 saturated carbocycles. The predicted octanol–water partition coefficient (Wildman–Crippen LogP) is 2.72. The molecule has 0 bridgehead atoms. The summed E-state index contributed by atoms with van der Waals surface area (Å²) < 4.78 is 0. The van der Waals surface area contributed by atoms with Crippen molar-refractivity contribution in [3.63, 3.8) is 0 Å². The molecule has 1 fully saturated rings. The molecule has 15 heavy (non-hydrogen) atoms. The minimum Gasteiger partial charge on any atom is -0.286 e. The zero-order valence-corrected chi connectivity index (χ0v) is 10.5. The third-order valence-corrected chi connectivity index (χ3v) is 2.95. The van der Waals surface area contributed by atoms with Crippen LogP contribution in [0.15, 0.2) is 12.2 Å². The lowest BCUT2D eigenvalue weighted by Crippen LogP contribution is -2.46. The molecule has 0 aromatic carbocycles. The minimum atomic E-state index is 1.11. The van der Waals surface area contributed by atoms with Crippen LogP contribution in [-0.4, -0.2) is 42.6 Å². The first-order chi connectivity index (χ1) is 7.26. The highest BCUT2D eigenvalue weighted by atomic mass is 15.3. The number of nitrogens with zero attached hydrogens (tertiary/aromatic N) is 2. The van der Waals surface area contributed by atoms with Crippen LogP contribution in [0.5, 0.6) is 0 Å². The molecule has 2 heteroatoms. The van der Waals surface area contributed by atoms with Gasteiger partial charge in [0, 0.05) is 13.1 Å². The van der Waals surface area contributed by atoms with Crippen LogP contribution in [0.2, 0.25) is 0 Å². The van der Waals surface area contributed by atoms with Crippen molar-refractivity contribution in [3.8, 4) is 0 Å². The standard InChI is InChI=1S/C13H26N2/c1-4-6-8-14-10-13(3)11-15(12-14)9-7-5-2/h3-12H2,1-2H3. The minimum absolute atomic E-state index is 1.11. The van der Waals surface area contributed by atoms with Crippen molar-refractivity contribution in [2.24, 2.45) is 0 Å². The molecule has 1 rings (SSSR count). The maximum atomic E-state index is 4.15. The van der Waals surface area contributed by atoms with Gasteiger partial charge in [-0.3, -0.25) is 9.80 Å². The summed E-state index contributed by atoms with van der Waals surface area (Å²) in [5.41, 5.74) is 1.38. The van der Waals surface area contributed by atoms with Gasteiger partial charge in [-0.15, -0.1) is 0 Å². The van der Waals surface area contributed by atoms with E-state index in [1.54, 1.807) is 0 Å². The Kier molecular flexibility index (Phi) is 5.96. The number of hydrogen-bond acceptors (Lipinski definition) is 2. The van der Waals surface area contributed by atoms with Crippen molar-refractivity contribution in [1.82, 2.24) is 9.80 Å². The lowest BCUT2D eigenvalue weighted by molar-refractivity contribution is 0.114. The van der Waals surface area contributed by atoms with Crippen molar-refractivity contribution >= 4 is 0 Å². The van der Waals surface area contributed by atoms with E-state index in [4.69, 9.17) is 0 Å². The summed E-state index contributed by atoms with van der Waals surface area (Å²) in [4.78, 5) is 5.07. The fourth-order valence-corrected chi connectivity index (χ4v) is 2.13. The van der Waals surface area contributed by atoms with Gasteiger partial charge in [-0.25, -0.2) is 0 Å². The largest absolute Gasteiger partial charge is 0.286 e. The molecule has 1 aliphatic rings. The first-order valence-electron chi connectivity index (χ1n) is 6.37. The highest BCUT2D eigenvalue weighted by Gasteiger charge is 2.18. The molecule has 0 radical (unpaired) electrons. The van der Waals surface area contributed by atoms with Gasteiger partial charge in [-0.1, -0.05) is 33.3 Å². The monoisotopic (exact) mass is 210 g/mol. The second-order valence-corrected chi connectivity index (χ2v) is 4.70. The highest BCUT2D eigenvalue weighted by molar-refractivity contribution is 5.03. The Bertz CT molecular complexity index is 171. The van der Waals surface area contributed by atoms with E-state index in [1.165, 1.54) is 44.3 Å². The molecule has 0 amide bonds. The van der Waals surface area contributed by atoms with E-state index >= 15 is 0 Å². The Morgan fingerprint density at radius 3 is 1.87 bits per heavy atom. The Morgan fingerprint density at radius 1 is 1.00 bits per heavy atom. The van der Waals surface area contributed by atoms with Crippen LogP contribution in [0.1, 0.15) is 39.5 Å². The maximum absolute atomic E-state index is 4.15. The van der Waals surface area contributed by atoms with E-state index in [1.807, 2.05) is 0 Å². The van der Waals surface area contributed by atoms with Gasteiger partial charge in [0.25, 0.3) is 0 Å². The molecule has 0 atom stereocenters. The summed E-state index contributed by atoms with van der Waals surface area (Å²) in [7, 11) is 0. The Morgan fingerprint density at radius 2 is 1.47 bits per heavy atom. The number of rotatable bonds is 6. The molecule has 1 saturated heterocycles. The first kappa shape index (κ1) is 12.7. The molecule has 1 aliphatic heterocycles. The Labute approximate surface area is 94.9 Å². The van der Waals surface area contributed by atoms with Crippen molar-refractivity contribution in [3.05, 3.63) is 12.2 Å². The molecule has 0 aliphatic carbocycles. The van der Waals surface area contributed by atoms with Crippen LogP contribution in [0, 0.1) is 0 Å². The summed E-state index contributed by atoms with van der Waals surface area (Å²) in [6, 6.07) is 0. The van der Waals surface area contributed by atoms with Gasteiger partial charge in [0.1, 0.15) is 0 Å². The SMILES string of the molecule is C=C1CN(CCCC)CN(CCCC)C1. The van der Waals surface area contributed by atoms with Crippen molar-refractivity contribution in [2.45, 2.75) is 39.5 Å². The van der Waals surface area contributed by atoms with Crippen LogP contribution in [0.3, 0.4) is 0 Å². The van der Waals surface area contributed by atoms with E-state index < -0.39 is 0 Å². The zero-order chi connectivity index (χ0) is 11.1. The summed E-state index contributed by atoms with van der Waals surface area (Å²) in [5, 5.41) is 0. The van der Waals surface area contributed by atoms with Gasteiger partial charge in [0.05, 0.1) is 6.67 Å². The van der Waals surface area contributed by atoms with Gasteiger partial charge in [0.2, 0.25) is 0 Å². The smallest absolute Gasteiger partial charge is 0.0512 e. The Hall–Kier alpha value is -0.340. The van der Waals surface area contributed by atoms with Crippen molar-refractivity contribution < 1.29 is 0 Å². The normalized spacial score (nSPS) is 19.7. The molecular weight excluding hydrogens is 184 g/mol. The first-order valence-corrected chi connectivity index (χ1v) is 6.37. The molecular formula is C13H26N2. The molecule has 2 nitrogen and oxygen atoms in total. The summed E-state index contributed by atoms with van der Waals surface area (Å²) in [5.74, 6) is 0. The summed E-state index contributed by atoms with van der Waals surface area (Å²) in [6.07, 6.45) is 5.21. The third kappa shape index (κ3) is 4.80. The zero-order valence-electron chi connectivity index (χ0n) is 10.5. The van der Waals surface area contributed by atoms with E-state index in [0.29, 0.717) is 0 Å². The number of unbranched alkanes of at least 4 members (excludes halogenated alkanes) is 2. The summed E-state index contributed by atoms with van der Waals surface area (Å²) >= 11 is 0. The maximum Gasteiger partial charge on any atom is 0.0512 e. The highest BCUT2D eigenvalue weighted by Crippen LogP contribution is 2.11. The van der Waals surface area contributed by atoms with Crippen LogP contribution >= 0.6 is 0 Å². The van der Waals surface area contributed by atoms with Gasteiger partial charge < -0.3 is 0 Å². The lowest BCUT2D eigenvalue weighted by atomic mass is 10.2. The fourth-order valence-electron chi connectivity index (χ4n) is 2.13. The molecule has 1 heterocycles. The lowest BCUT2D eigenvalue weighted by Gasteiger charge is -2.36. The second-order valence-electron chi connectivity index (χ2n) is 4.70. The fraction of sp³-hybridized carbons (Fsp3) is 0.846. The molecule has 0 spiro atoms. The molecule has 0 aromatic rings. The van der Waals surface area contributed by atoms with Crippen molar-refractivity contribution in [1.29, 1.82) is 0 Å². The van der Waals surface area contributed by atoms with E-state index in [9.17, 15) is 0 Å². The molecule has 0 unspecified atom stereocenters. The van der Waals surface area contributed by atoms with Crippen LogP contribution in [0.4, 0.5) is 0 Å². The van der Waals surface area contributed by atoms with Crippen molar-refractivity contribution in [2.75, 3.05) is 32.8 Å². The average molecular weight is 210 g/mol. The van der Waals surface area contributed by atoms with E-state index in [0.717, 1.165) is 19.8 Å². The topological polar surface area (TPSA) is 6.48 Å². The quantitative estimate of drug-likeness (QED) is 0.622. The second kappa shape index (κ2) is 7.02. The van der Waals surface area contributed by atoms with Gasteiger partial charge >= 0.3 is 0 Å². The average Bonchev–Trinajstić information content (AvgIpc) is 2.23. The van der Waals surface area contributed by atoms with E-state index in [-0.39, 0.29) is 0 Å². The van der Waals surface area contributed by atoms with Gasteiger partial charge in [-0.05, 0) is 31.5 Å². The van der Waals surface area contributed by atoms with Crippen LogP contribution in [0.25, 0.3) is 0 Å².